The maximum atomic E-state index is 11.6. The highest BCUT2D eigenvalue weighted by molar-refractivity contribution is 5.11. The normalized spacial score (nSPS) is 40.8. The van der Waals surface area contributed by atoms with Gasteiger partial charge in [-0.05, 0) is 26.8 Å². The summed E-state index contributed by atoms with van der Waals surface area (Å²) in [5, 5.41) is 21.3. The molecule has 0 fully saturated rings. The number of hydrogen-bond donors (Lipinski definition) is 2. The van der Waals surface area contributed by atoms with Crippen LogP contribution in [0.3, 0.4) is 0 Å². The van der Waals surface area contributed by atoms with E-state index in [1.54, 1.807) is 6.92 Å². The molecular weight excluding hydrogens is 154 g/mol. The van der Waals surface area contributed by atoms with Crippen molar-refractivity contribution < 1.29 is 10.2 Å². The van der Waals surface area contributed by atoms with Crippen LogP contribution in [0.25, 0.3) is 0 Å². The molecule has 1 aliphatic rings. The Morgan fingerprint density at radius 3 is 2.42 bits per heavy atom. The molecular formula is C9H17NO2. The SMILES string of the molecule is CC1=CC(C)(C)[NH+]([O-])C(C)(O)C1. The van der Waals surface area contributed by atoms with Crippen molar-refractivity contribution in [3.63, 3.8) is 0 Å². The predicted octanol–water partition coefficient (Wildman–Crippen LogP) is 0.206. The average Bonchev–Trinajstić information content (AvgIpc) is 1.80. The van der Waals surface area contributed by atoms with Crippen LogP contribution >= 0.6 is 0 Å². The second-order valence-corrected chi connectivity index (χ2v) is 4.49. The van der Waals surface area contributed by atoms with E-state index in [1.165, 1.54) is 0 Å². The maximum Gasteiger partial charge on any atom is 0.200 e. The van der Waals surface area contributed by atoms with Gasteiger partial charge in [-0.2, -0.15) is 0 Å². The molecule has 1 aliphatic heterocycles. The first-order chi connectivity index (χ1) is 5.26. The van der Waals surface area contributed by atoms with Gasteiger partial charge in [0, 0.05) is 6.92 Å². The van der Waals surface area contributed by atoms with Crippen molar-refractivity contribution in [2.75, 3.05) is 0 Å². The highest BCUT2D eigenvalue weighted by Crippen LogP contribution is 2.20. The Bertz CT molecular complexity index is 219. The van der Waals surface area contributed by atoms with E-state index in [-0.39, 0.29) is 5.06 Å². The van der Waals surface area contributed by atoms with Crippen LogP contribution in [-0.4, -0.2) is 16.4 Å². The fourth-order valence-electron chi connectivity index (χ4n) is 2.05. The lowest BCUT2D eigenvalue weighted by atomic mass is 9.89. The fraction of sp³-hybridized carbons (Fsp3) is 0.778. The third kappa shape index (κ3) is 1.53. The van der Waals surface area contributed by atoms with Crippen LogP contribution in [0.2, 0.25) is 0 Å². The number of aliphatic hydroxyl groups is 1. The molecule has 70 valence electrons. The van der Waals surface area contributed by atoms with Crippen LogP contribution < -0.4 is 5.06 Å². The number of quaternary nitrogens is 1. The molecule has 1 heterocycles. The van der Waals surface area contributed by atoms with Crippen LogP contribution in [0, 0.1) is 5.21 Å². The minimum atomic E-state index is -1.16. The fourth-order valence-corrected chi connectivity index (χ4v) is 2.05. The Morgan fingerprint density at radius 1 is 1.50 bits per heavy atom. The number of rotatable bonds is 0. The molecule has 0 saturated heterocycles. The van der Waals surface area contributed by atoms with Gasteiger partial charge in [-0.15, -0.1) is 0 Å². The van der Waals surface area contributed by atoms with Crippen LogP contribution in [-0.2, 0) is 0 Å². The third-order valence-electron chi connectivity index (χ3n) is 2.30. The maximum absolute atomic E-state index is 11.6. The van der Waals surface area contributed by atoms with Gasteiger partial charge in [0.2, 0.25) is 0 Å². The summed E-state index contributed by atoms with van der Waals surface area (Å²) in [6.07, 6.45) is 2.41. The first-order valence-electron chi connectivity index (χ1n) is 4.21. The summed E-state index contributed by atoms with van der Waals surface area (Å²) in [5.74, 6) is 0. The molecule has 2 N–H and O–H groups in total. The summed E-state index contributed by atoms with van der Waals surface area (Å²) in [6, 6.07) is 0. The van der Waals surface area contributed by atoms with Gasteiger partial charge in [0.25, 0.3) is 0 Å². The summed E-state index contributed by atoms with van der Waals surface area (Å²) in [7, 11) is 0. The quantitative estimate of drug-likeness (QED) is 0.404. The molecule has 0 saturated carbocycles. The molecule has 3 heteroatoms. The molecule has 0 aromatic rings. The second kappa shape index (κ2) is 2.55. The van der Waals surface area contributed by atoms with Gasteiger partial charge in [-0.25, -0.2) is 0 Å². The Kier molecular flexibility index (Phi) is 2.07. The van der Waals surface area contributed by atoms with Crippen molar-refractivity contribution in [3.8, 4) is 0 Å². The highest BCUT2D eigenvalue weighted by Gasteiger charge is 2.41. The van der Waals surface area contributed by atoms with E-state index in [9.17, 15) is 10.3 Å². The van der Waals surface area contributed by atoms with E-state index in [0.717, 1.165) is 5.57 Å². The zero-order valence-electron chi connectivity index (χ0n) is 8.14. The molecule has 0 aromatic heterocycles. The van der Waals surface area contributed by atoms with E-state index in [2.05, 4.69) is 0 Å². The van der Waals surface area contributed by atoms with Crippen LogP contribution in [0.5, 0.6) is 0 Å². The average molecular weight is 171 g/mol. The van der Waals surface area contributed by atoms with E-state index in [4.69, 9.17) is 0 Å². The Labute approximate surface area is 73.3 Å². The zero-order chi connectivity index (χ0) is 9.57. The Morgan fingerprint density at radius 2 is 2.00 bits per heavy atom. The minimum absolute atomic E-state index is 0.0828. The lowest BCUT2D eigenvalue weighted by Gasteiger charge is -2.48. The number of hydroxylamine groups is 2. The zero-order valence-corrected chi connectivity index (χ0v) is 8.14. The summed E-state index contributed by atoms with van der Waals surface area (Å²) < 4.78 is 0. The Balaban J connectivity index is 3.02. The molecule has 12 heavy (non-hydrogen) atoms. The van der Waals surface area contributed by atoms with Crippen LogP contribution in [0.15, 0.2) is 11.6 Å². The van der Waals surface area contributed by atoms with Crippen molar-refractivity contribution in [1.29, 1.82) is 0 Å². The van der Waals surface area contributed by atoms with Crippen molar-refractivity contribution in [2.24, 2.45) is 0 Å². The molecule has 0 aromatic carbocycles. The number of nitrogens with one attached hydrogen (secondary N) is 1. The smallest absolute Gasteiger partial charge is 0.200 e. The molecule has 0 spiro atoms. The second-order valence-electron chi connectivity index (χ2n) is 4.49. The summed E-state index contributed by atoms with van der Waals surface area (Å²) in [4.78, 5) is 0. The molecule has 1 rings (SSSR count). The summed E-state index contributed by atoms with van der Waals surface area (Å²) >= 11 is 0. The third-order valence-corrected chi connectivity index (χ3v) is 2.30. The highest BCUT2D eigenvalue weighted by atomic mass is 16.5. The van der Waals surface area contributed by atoms with Gasteiger partial charge < -0.3 is 15.4 Å². The van der Waals surface area contributed by atoms with Gasteiger partial charge in [-0.1, -0.05) is 5.57 Å². The molecule has 2 atom stereocenters. The lowest BCUT2D eigenvalue weighted by Crippen LogP contribution is -3.23. The largest absolute Gasteiger partial charge is 0.632 e. The topological polar surface area (TPSA) is 47.7 Å². The van der Waals surface area contributed by atoms with Gasteiger partial charge in [0.05, 0.1) is 6.42 Å². The van der Waals surface area contributed by atoms with E-state index in [0.29, 0.717) is 6.42 Å². The van der Waals surface area contributed by atoms with Crippen molar-refractivity contribution in [2.45, 2.75) is 45.4 Å². The number of hydrogen-bond acceptors (Lipinski definition) is 2. The van der Waals surface area contributed by atoms with Crippen molar-refractivity contribution in [1.82, 2.24) is 0 Å². The predicted molar refractivity (Wildman–Crippen MR) is 47.4 cm³/mol. The van der Waals surface area contributed by atoms with E-state index >= 15 is 0 Å². The molecule has 0 aliphatic carbocycles. The van der Waals surface area contributed by atoms with Crippen LogP contribution in [0.4, 0.5) is 0 Å². The molecule has 2 unspecified atom stereocenters. The van der Waals surface area contributed by atoms with Gasteiger partial charge >= 0.3 is 0 Å². The Hall–Kier alpha value is -0.380. The van der Waals surface area contributed by atoms with E-state index in [1.807, 2.05) is 26.8 Å². The van der Waals surface area contributed by atoms with Crippen molar-refractivity contribution >= 4 is 0 Å². The molecule has 0 bridgehead atoms. The van der Waals surface area contributed by atoms with Gasteiger partial charge in [0.1, 0.15) is 5.54 Å². The standard InChI is InChI=1S/C9H17NO2/c1-7-5-8(2,3)10(12)9(4,11)6-7/h5,10-11H,6H2,1-4H3. The molecule has 0 amide bonds. The first kappa shape index (κ1) is 9.71. The van der Waals surface area contributed by atoms with E-state index < -0.39 is 11.3 Å². The molecule has 3 nitrogen and oxygen atoms in total. The first-order valence-corrected chi connectivity index (χ1v) is 4.21. The summed E-state index contributed by atoms with van der Waals surface area (Å²) in [5.41, 5.74) is -0.585. The lowest BCUT2D eigenvalue weighted by molar-refractivity contribution is -0.970. The van der Waals surface area contributed by atoms with Gasteiger partial charge in [-0.3, -0.25) is 0 Å². The monoisotopic (exact) mass is 171 g/mol. The van der Waals surface area contributed by atoms with Crippen molar-refractivity contribution in [3.05, 3.63) is 16.9 Å². The van der Waals surface area contributed by atoms with Crippen LogP contribution in [0.1, 0.15) is 34.1 Å². The molecule has 0 radical (unpaired) electrons. The van der Waals surface area contributed by atoms with Gasteiger partial charge in [0.15, 0.2) is 5.72 Å². The minimum Gasteiger partial charge on any atom is -0.632 e. The summed E-state index contributed by atoms with van der Waals surface area (Å²) in [6.45, 7) is 7.22.